The van der Waals surface area contributed by atoms with E-state index in [0.29, 0.717) is 18.2 Å². The van der Waals surface area contributed by atoms with E-state index >= 15 is 0 Å². The number of alkyl halides is 6. The van der Waals surface area contributed by atoms with Gasteiger partial charge in [-0.1, -0.05) is 12.2 Å². The average Bonchev–Trinajstić information content (AvgIpc) is 3.14. The number of halogens is 8. The number of benzene rings is 2. The van der Waals surface area contributed by atoms with E-state index in [9.17, 15) is 35.1 Å². The van der Waals surface area contributed by atoms with Gasteiger partial charge < -0.3 is 5.73 Å². The molecule has 4 nitrogen and oxygen atoms in total. The number of aromatic amines is 1. The predicted molar refractivity (Wildman–Crippen MR) is 94.1 cm³/mol. The number of thiocarbonyl (C=S) groups is 1. The maximum atomic E-state index is 13.0. The van der Waals surface area contributed by atoms with Crippen molar-refractivity contribution in [2.75, 3.05) is 0 Å². The summed E-state index contributed by atoms with van der Waals surface area (Å²) in [5.74, 6) is -1.89. The molecule has 0 amide bonds. The molecule has 0 aliphatic heterocycles. The van der Waals surface area contributed by atoms with Crippen LogP contribution in [-0.4, -0.2) is 20.2 Å². The fourth-order valence-electron chi connectivity index (χ4n) is 2.13. The summed E-state index contributed by atoms with van der Waals surface area (Å²) >= 11 is 4.45. The van der Waals surface area contributed by atoms with Crippen LogP contribution < -0.4 is 5.73 Å². The van der Waals surface area contributed by atoms with Crippen molar-refractivity contribution in [3.05, 3.63) is 71.1 Å². The molecule has 160 valence electrons. The van der Waals surface area contributed by atoms with E-state index < -0.39 is 35.1 Å². The van der Waals surface area contributed by atoms with Crippen LogP contribution in [0.4, 0.5) is 35.1 Å². The Morgan fingerprint density at radius 3 is 1.83 bits per heavy atom. The predicted octanol–water partition coefficient (Wildman–Crippen LogP) is 5.11. The lowest BCUT2D eigenvalue weighted by molar-refractivity contribution is -0.138. The lowest BCUT2D eigenvalue weighted by Gasteiger charge is -2.08. The Labute approximate surface area is 168 Å². The van der Waals surface area contributed by atoms with Gasteiger partial charge in [0.25, 0.3) is 0 Å². The highest BCUT2D eigenvalue weighted by Crippen LogP contribution is 2.32. The molecule has 0 aliphatic rings. The molecule has 0 fully saturated rings. The van der Waals surface area contributed by atoms with Gasteiger partial charge in [-0.15, -0.1) is 0 Å². The van der Waals surface area contributed by atoms with Crippen LogP contribution in [0.25, 0.3) is 11.4 Å². The van der Waals surface area contributed by atoms with Gasteiger partial charge in [-0.2, -0.15) is 31.4 Å². The number of nitrogens with zero attached hydrogens (tertiary/aromatic N) is 2. The van der Waals surface area contributed by atoms with Crippen LogP contribution in [0.2, 0.25) is 0 Å². The van der Waals surface area contributed by atoms with Gasteiger partial charge in [-0.25, -0.2) is 13.8 Å². The minimum absolute atomic E-state index is 0.00447. The zero-order valence-corrected chi connectivity index (χ0v) is 15.3. The third-order valence-electron chi connectivity index (χ3n) is 3.42. The minimum Gasteiger partial charge on any atom is -0.389 e. The second-order valence-electron chi connectivity index (χ2n) is 5.65. The molecule has 0 bridgehead atoms. The van der Waals surface area contributed by atoms with Crippen LogP contribution in [-0.2, 0) is 12.4 Å². The van der Waals surface area contributed by atoms with Crippen molar-refractivity contribution < 1.29 is 35.1 Å². The molecular weight excluding hydrogens is 444 g/mol. The maximum Gasteiger partial charge on any atom is 0.416 e. The number of H-pyrrole nitrogens is 1. The Hall–Kier alpha value is -3.09. The van der Waals surface area contributed by atoms with E-state index in [1.54, 1.807) is 0 Å². The van der Waals surface area contributed by atoms with Crippen LogP contribution in [0.15, 0.2) is 42.7 Å². The first-order valence-corrected chi connectivity index (χ1v) is 8.09. The number of hydrogen-bond acceptors (Lipinski definition) is 3. The molecule has 0 aliphatic carbocycles. The highest BCUT2D eigenvalue weighted by molar-refractivity contribution is 7.80. The van der Waals surface area contributed by atoms with E-state index in [0.717, 1.165) is 24.5 Å². The Balaban J connectivity index is 0.000000216. The molecule has 30 heavy (non-hydrogen) atoms. The molecule has 0 radical (unpaired) electrons. The molecule has 3 rings (SSSR count). The second-order valence-corrected chi connectivity index (χ2v) is 6.09. The van der Waals surface area contributed by atoms with Crippen LogP contribution >= 0.6 is 12.2 Å². The lowest BCUT2D eigenvalue weighted by atomic mass is 10.1. The normalized spacial score (nSPS) is 11.6. The lowest BCUT2D eigenvalue weighted by Crippen LogP contribution is -2.13. The van der Waals surface area contributed by atoms with Crippen LogP contribution in [0, 0.1) is 11.6 Å². The third kappa shape index (κ3) is 6.20. The molecule has 3 aromatic rings. The summed E-state index contributed by atoms with van der Waals surface area (Å²) in [6.45, 7) is 0. The number of hydrogen-bond donors (Lipinski definition) is 2. The quantitative estimate of drug-likeness (QED) is 0.417. The molecule has 3 N–H and O–H groups in total. The van der Waals surface area contributed by atoms with Gasteiger partial charge in [-0.3, -0.25) is 5.10 Å². The van der Waals surface area contributed by atoms with E-state index in [4.69, 9.17) is 5.73 Å². The van der Waals surface area contributed by atoms with Gasteiger partial charge in [0.1, 0.15) is 23.0 Å². The fraction of sp³-hybridized carbons (Fsp3) is 0.118. The highest BCUT2D eigenvalue weighted by Gasteiger charge is 2.32. The monoisotopic (exact) mass is 454 g/mol. The molecule has 0 saturated carbocycles. The number of nitrogens with one attached hydrogen (secondary N) is 1. The maximum absolute atomic E-state index is 13.0. The Morgan fingerprint density at radius 1 is 0.833 bits per heavy atom. The molecule has 0 unspecified atom stereocenters. The van der Waals surface area contributed by atoms with E-state index in [2.05, 4.69) is 27.4 Å². The molecule has 13 heteroatoms. The molecule has 0 atom stereocenters. The molecule has 2 aromatic carbocycles. The first-order chi connectivity index (χ1) is 13.8. The van der Waals surface area contributed by atoms with Crippen LogP contribution in [0.1, 0.15) is 16.7 Å². The van der Waals surface area contributed by atoms with Crippen molar-refractivity contribution in [2.24, 2.45) is 5.73 Å². The first kappa shape index (κ1) is 23.2. The zero-order valence-electron chi connectivity index (χ0n) is 14.4. The Kier molecular flexibility index (Phi) is 6.75. The van der Waals surface area contributed by atoms with Crippen molar-refractivity contribution in [1.29, 1.82) is 0 Å². The Bertz CT molecular complexity index is 1030. The SMILES string of the molecule is Fc1cc(-c2ncn[nH]2)cc(C(F)(F)F)c1.NC(=S)c1cc(F)cc(C(F)(F)F)c1. The molecule has 0 saturated heterocycles. The summed E-state index contributed by atoms with van der Waals surface area (Å²) in [4.78, 5) is 3.38. The first-order valence-electron chi connectivity index (χ1n) is 7.68. The smallest absolute Gasteiger partial charge is 0.389 e. The number of nitrogens with two attached hydrogens (primary N) is 1. The zero-order chi connectivity index (χ0) is 22.7. The Morgan fingerprint density at radius 2 is 1.37 bits per heavy atom. The minimum atomic E-state index is -4.60. The van der Waals surface area contributed by atoms with Crippen LogP contribution in [0.3, 0.4) is 0 Å². The summed E-state index contributed by atoms with van der Waals surface area (Å²) in [7, 11) is 0. The standard InChI is InChI=1S/C9H5F4N3.C8H5F4NS/c10-7-2-5(8-14-4-15-16-8)1-6(3-7)9(11,12)13;9-6-2-4(7(13)14)1-5(3-6)8(10,11)12/h1-4H,(H,14,15,16);1-3H,(H2,13,14). The van der Waals surface area contributed by atoms with Gasteiger partial charge in [0.05, 0.1) is 11.1 Å². The van der Waals surface area contributed by atoms with Gasteiger partial charge >= 0.3 is 12.4 Å². The van der Waals surface area contributed by atoms with Gasteiger partial charge in [-0.05, 0) is 36.4 Å². The van der Waals surface area contributed by atoms with E-state index in [1.165, 1.54) is 0 Å². The molecule has 1 aromatic heterocycles. The average molecular weight is 454 g/mol. The van der Waals surface area contributed by atoms with Crippen molar-refractivity contribution in [3.63, 3.8) is 0 Å². The molecule has 0 spiro atoms. The van der Waals surface area contributed by atoms with Gasteiger partial charge in [0, 0.05) is 11.1 Å². The summed E-state index contributed by atoms with van der Waals surface area (Å²) in [6, 6.07) is 4.16. The van der Waals surface area contributed by atoms with Crippen molar-refractivity contribution in [2.45, 2.75) is 12.4 Å². The third-order valence-corrected chi connectivity index (χ3v) is 3.66. The number of aromatic nitrogens is 3. The van der Waals surface area contributed by atoms with Crippen molar-refractivity contribution >= 4 is 17.2 Å². The molecular formula is C17H10F8N4S. The number of rotatable bonds is 2. The highest BCUT2D eigenvalue weighted by atomic mass is 32.1. The van der Waals surface area contributed by atoms with Crippen LogP contribution in [0.5, 0.6) is 0 Å². The van der Waals surface area contributed by atoms with E-state index in [1.807, 2.05) is 0 Å². The van der Waals surface area contributed by atoms with Gasteiger partial charge in [0.15, 0.2) is 5.82 Å². The van der Waals surface area contributed by atoms with Crippen molar-refractivity contribution in [3.8, 4) is 11.4 Å². The fourth-order valence-corrected chi connectivity index (χ4v) is 2.25. The largest absolute Gasteiger partial charge is 0.416 e. The summed E-state index contributed by atoms with van der Waals surface area (Å²) < 4.78 is 99.3. The van der Waals surface area contributed by atoms with Gasteiger partial charge in [0.2, 0.25) is 0 Å². The summed E-state index contributed by atoms with van der Waals surface area (Å²) in [6.07, 6.45) is -8.05. The second kappa shape index (κ2) is 8.73. The molecule has 1 heterocycles. The van der Waals surface area contributed by atoms with Crippen molar-refractivity contribution in [1.82, 2.24) is 15.2 Å². The van der Waals surface area contributed by atoms with E-state index in [-0.39, 0.29) is 21.9 Å². The summed E-state index contributed by atoms with van der Waals surface area (Å²) in [5, 5.41) is 5.84. The topological polar surface area (TPSA) is 67.6 Å². The summed E-state index contributed by atoms with van der Waals surface area (Å²) in [5.41, 5.74) is 2.81.